The molecular weight excluding hydrogens is 549 g/mol. The summed E-state index contributed by atoms with van der Waals surface area (Å²) in [6, 6.07) is 14.8. The predicted octanol–water partition coefficient (Wildman–Crippen LogP) is 5.99. The molecule has 0 amide bonds. The fourth-order valence-electron chi connectivity index (χ4n) is 5.82. The van der Waals surface area contributed by atoms with Gasteiger partial charge in [0, 0.05) is 48.7 Å². The molecule has 1 saturated heterocycles. The highest BCUT2D eigenvalue weighted by Gasteiger charge is 2.36. The van der Waals surface area contributed by atoms with Crippen LogP contribution in [0.25, 0.3) is 22.9 Å². The van der Waals surface area contributed by atoms with Gasteiger partial charge in [0.2, 0.25) is 6.36 Å². The van der Waals surface area contributed by atoms with Crippen LogP contribution < -0.4 is 14.4 Å². The summed E-state index contributed by atoms with van der Waals surface area (Å²) in [6.45, 7) is 6.96. The summed E-state index contributed by atoms with van der Waals surface area (Å²) in [5, 5.41) is 8.84. The van der Waals surface area contributed by atoms with Gasteiger partial charge in [0.25, 0.3) is 0 Å². The first-order chi connectivity index (χ1) is 20.7. The molecular formula is C33H34FN5O4. The molecule has 1 atom stereocenters. The largest absolute Gasteiger partial charge is 0.482 e. The van der Waals surface area contributed by atoms with E-state index in [4.69, 9.17) is 24.5 Å². The van der Waals surface area contributed by atoms with Crippen molar-refractivity contribution in [2.75, 3.05) is 24.6 Å². The first-order valence-electron chi connectivity index (χ1n) is 14.4. The third-order valence-corrected chi connectivity index (χ3v) is 8.26. The van der Waals surface area contributed by atoms with Gasteiger partial charge in [0.1, 0.15) is 29.5 Å². The lowest BCUT2D eigenvalue weighted by Crippen LogP contribution is -2.42. The van der Waals surface area contributed by atoms with E-state index in [9.17, 15) is 9.18 Å². The number of nitrogens with one attached hydrogen (secondary N) is 1. The number of aromatic amines is 1. The molecule has 0 spiro atoms. The number of aromatic nitrogens is 4. The molecule has 1 unspecified atom stereocenters. The van der Waals surface area contributed by atoms with Gasteiger partial charge in [-0.05, 0) is 73.4 Å². The van der Waals surface area contributed by atoms with Gasteiger partial charge < -0.3 is 24.5 Å². The molecule has 2 aromatic heterocycles. The number of aliphatic carboxylic acids is 1. The smallest absolute Gasteiger partial charge is 0.341 e. The number of H-pyrrole nitrogens is 1. The molecule has 222 valence electrons. The Kier molecular flexibility index (Phi) is 7.60. The minimum absolute atomic E-state index is 0.117. The monoisotopic (exact) mass is 583 g/mol. The SMILES string of the molecule is Cc1[nH]c(C2(C)CCN(c3ncnc4c3C=C(c3ccc(OCC(=O)O)cc3)C4)CC2)nc1-c1ccc(OC(C)F)cc1. The normalized spacial score (nSPS) is 16.4. The molecule has 1 aliphatic carbocycles. The standard InChI is InChI=1S/C33H34FN5O4/c1-20-30(23-6-10-26(11-7-23)43-21(2)34)38-32(37-20)33(3)12-14-39(15-13-33)31-27-16-24(17-28(27)35-19-36-31)22-4-8-25(9-5-22)42-18-29(40)41/h4-11,16,19,21H,12-15,17-18H2,1-3H3,(H,37,38)(H,40,41). The molecule has 10 heteroatoms. The number of allylic oxidation sites excluding steroid dienone is 1. The third-order valence-electron chi connectivity index (χ3n) is 8.26. The van der Waals surface area contributed by atoms with Crippen LogP contribution in [-0.4, -0.2) is 57.1 Å². The van der Waals surface area contributed by atoms with Gasteiger partial charge in [0.05, 0.1) is 11.4 Å². The van der Waals surface area contributed by atoms with Gasteiger partial charge in [-0.1, -0.05) is 19.1 Å². The number of ether oxygens (including phenoxy) is 2. The molecule has 1 fully saturated rings. The molecule has 43 heavy (non-hydrogen) atoms. The Labute approximate surface area is 249 Å². The maximum absolute atomic E-state index is 13.2. The average molecular weight is 584 g/mol. The van der Waals surface area contributed by atoms with Crippen LogP contribution >= 0.6 is 0 Å². The molecule has 9 nitrogen and oxygen atoms in total. The zero-order valence-electron chi connectivity index (χ0n) is 24.4. The van der Waals surface area contributed by atoms with Crippen LogP contribution in [0.3, 0.4) is 0 Å². The van der Waals surface area contributed by atoms with Crippen LogP contribution in [-0.2, 0) is 16.6 Å². The zero-order valence-corrected chi connectivity index (χ0v) is 24.4. The highest BCUT2D eigenvalue weighted by atomic mass is 19.1. The fraction of sp³-hybridized carbons (Fsp3) is 0.333. The van der Waals surface area contributed by atoms with Crippen molar-refractivity contribution in [1.29, 1.82) is 0 Å². The maximum atomic E-state index is 13.2. The number of carboxylic acid groups (broad SMARTS) is 1. The number of rotatable bonds is 9. The molecule has 0 bridgehead atoms. The number of carboxylic acids is 1. The van der Waals surface area contributed by atoms with Crippen LogP contribution in [0.4, 0.5) is 10.2 Å². The fourth-order valence-corrected chi connectivity index (χ4v) is 5.82. The van der Waals surface area contributed by atoms with Crippen molar-refractivity contribution >= 4 is 23.4 Å². The van der Waals surface area contributed by atoms with Crippen LogP contribution in [0.1, 0.15) is 55.0 Å². The first kappa shape index (κ1) is 28.4. The quantitative estimate of drug-likeness (QED) is 0.247. The lowest BCUT2D eigenvalue weighted by atomic mass is 9.79. The van der Waals surface area contributed by atoms with Crippen LogP contribution in [0.5, 0.6) is 11.5 Å². The highest BCUT2D eigenvalue weighted by Crippen LogP contribution is 2.40. The minimum atomic E-state index is -1.36. The molecule has 6 rings (SSSR count). The summed E-state index contributed by atoms with van der Waals surface area (Å²) in [5.74, 6) is 1.93. The van der Waals surface area contributed by atoms with Crippen molar-refractivity contribution in [3.8, 4) is 22.8 Å². The molecule has 0 radical (unpaired) electrons. The Bertz CT molecular complexity index is 1660. The summed E-state index contributed by atoms with van der Waals surface area (Å²) >= 11 is 0. The molecule has 3 heterocycles. The second-order valence-corrected chi connectivity index (χ2v) is 11.4. The Morgan fingerprint density at radius 1 is 1.07 bits per heavy atom. The summed E-state index contributed by atoms with van der Waals surface area (Å²) in [5.41, 5.74) is 6.98. The number of fused-ring (bicyclic) bond motifs is 1. The van der Waals surface area contributed by atoms with Crippen molar-refractivity contribution in [2.45, 2.75) is 51.8 Å². The van der Waals surface area contributed by atoms with Crippen molar-refractivity contribution < 1.29 is 23.8 Å². The number of hydrogen-bond acceptors (Lipinski definition) is 7. The Hall–Kier alpha value is -4.73. The zero-order chi connectivity index (χ0) is 30.1. The Morgan fingerprint density at radius 2 is 1.74 bits per heavy atom. The molecule has 1 aliphatic heterocycles. The van der Waals surface area contributed by atoms with E-state index >= 15 is 0 Å². The van der Waals surface area contributed by atoms with E-state index in [1.54, 1.807) is 30.6 Å². The van der Waals surface area contributed by atoms with E-state index in [1.165, 1.54) is 6.92 Å². The molecule has 2 aliphatic rings. The number of alkyl halides is 1. The van der Waals surface area contributed by atoms with Gasteiger partial charge in [-0.15, -0.1) is 0 Å². The highest BCUT2D eigenvalue weighted by molar-refractivity contribution is 5.91. The second-order valence-electron chi connectivity index (χ2n) is 11.4. The number of halogens is 1. The molecule has 2 N–H and O–H groups in total. The van der Waals surface area contributed by atoms with Crippen molar-refractivity contribution in [1.82, 2.24) is 19.9 Å². The summed E-state index contributed by atoms with van der Waals surface area (Å²) in [6.07, 6.45) is 4.98. The number of carbonyl (C=O) groups is 1. The van der Waals surface area contributed by atoms with Crippen LogP contribution in [0, 0.1) is 6.92 Å². The lowest BCUT2D eigenvalue weighted by molar-refractivity contribution is -0.139. The van der Waals surface area contributed by atoms with E-state index in [1.807, 2.05) is 31.2 Å². The van der Waals surface area contributed by atoms with Crippen LogP contribution in [0.15, 0.2) is 54.9 Å². The summed E-state index contributed by atoms with van der Waals surface area (Å²) in [7, 11) is 0. The number of benzene rings is 2. The van der Waals surface area contributed by atoms with Crippen molar-refractivity contribution in [3.05, 3.63) is 83.2 Å². The van der Waals surface area contributed by atoms with Gasteiger partial charge in [-0.3, -0.25) is 0 Å². The van der Waals surface area contributed by atoms with E-state index in [0.717, 1.165) is 76.9 Å². The topological polar surface area (TPSA) is 113 Å². The Balaban J connectivity index is 1.15. The van der Waals surface area contributed by atoms with Gasteiger partial charge in [0.15, 0.2) is 6.61 Å². The van der Waals surface area contributed by atoms with E-state index in [0.29, 0.717) is 17.9 Å². The van der Waals surface area contributed by atoms with E-state index in [-0.39, 0.29) is 12.0 Å². The van der Waals surface area contributed by atoms with E-state index in [2.05, 4.69) is 27.9 Å². The van der Waals surface area contributed by atoms with Crippen LogP contribution in [0.2, 0.25) is 0 Å². The summed E-state index contributed by atoms with van der Waals surface area (Å²) in [4.78, 5) is 31.0. The van der Waals surface area contributed by atoms with Crippen molar-refractivity contribution in [3.63, 3.8) is 0 Å². The number of anilines is 1. The number of imidazole rings is 1. The number of aryl methyl sites for hydroxylation is 1. The summed E-state index contributed by atoms with van der Waals surface area (Å²) < 4.78 is 23.6. The van der Waals surface area contributed by atoms with Gasteiger partial charge in [-0.2, -0.15) is 0 Å². The van der Waals surface area contributed by atoms with Gasteiger partial charge >= 0.3 is 5.97 Å². The Morgan fingerprint density at radius 3 is 2.42 bits per heavy atom. The molecule has 0 saturated carbocycles. The molecule has 2 aromatic carbocycles. The number of nitrogens with zero attached hydrogens (tertiary/aromatic N) is 4. The lowest BCUT2D eigenvalue weighted by Gasteiger charge is -2.39. The van der Waals surface area contributed by atoms with E-state index < -0.39 is 12.3 Å². The number of piperidine rings is 1. The second kappa shape index (κ2) is 11.5. The predicted molar refractivity (Wildman–Crippen MR) is 162 cm³/mol. The molecule has 4 aromatic rings. The van der Waals surface area contributed by atoms with Gasteiger partial charge in [-0.25, -0.2) is 24.1 Å². The number of hydrogen-bond donors (Lipinski definition) is 2. The third kappa shape index (κ3) is 5.95. The maximum Gasteiger partial charge on any atom is 0.341 e. The minimum Gasteiger partial charge on any atom is -0.482 e. The first-order valence-corrected chi connectivity index (χ1v) is 14.4. The van der Waals surface area contributed by atoms with Crippen molar-refractivity contribution in [2.24, 2.45) is 0 Å². The average Bonchev–Trinajstić information content (AvgIpc) is 3.61.